The van der Waals surface area contributed by atoms with Gasteiger partial charge in [-0.2, -0.15) is 0 Å². The van der Waals surface area contributed by atoms with Crippen LogP contribution in [0.4, 0.5) is 5.82 Å². The van der Waals surface area contributed by atoms with Crippen LogP contribution in [0.15, 0.2) is 30.5 Å². The number of carbonyl (C=O) groups excluding carboxylic acids is 2. The van der Waals surface area contributed by atoms with E-state index < -0.39 is 0 Å². The molecule has 1 aliphatic heterocycles. The first kappa shape index (κ1) is 17.0. The molecule has 0 bridgehead atoms. The van der Waals surface area contributed by atoms with Crippen LogP contribution in [0.3, 0.4) is 0 Å². The third kappa shape index (κ3) is 4.17. The standard InChI is InChI=1S/C18H21N5O2/c1-12-5-3-7-16(20-12)22-17(24)14-6-4-10-23(11-14)18(25)15-8-9-19-13(2)21-15/h3,5,7-9,14H,4,6,10-11H2,1-2H3,(H,20,22,24). The van der Waals surface area contributed by atoms with Crippen molar-refractivity contribution >= 4 is 17.6 Å². The summed E-state index contributed by atoms with van der Waals surface area (Å²) in [5, 5.41) is 2.85. The number of nitrogens with one attached hydrogen (secondary N) is 1. The second kappa shape index (κ2) is 7.38. The topological polar surface area (TPSA) is 88.1 Å². The molecule has 0 aromatic carbocycles. The second-order valence-corrected chi connectivity index (χ2v) is 6.23. The third-order valence-electron chi connectivity index (χ3n) is 4.21. The number of anilines is 1. The predicted octanol–water partition coefficient (Wildman–Crippen LogP) is 1.98. The number of carbonyl (C=O) groups is 2. The van der Waals surface area contributed by atoms with Gasteiger partial charge in [-0.05, 0) is 44.9 Å². The van der Waals surface area contributed by atoms with Gasteiger partial charge in [0.2, 0.25) is 5.91 Å². The van der Waals surface area contributed by atoms with Crippen molar-refractivity contribution in [2.75, 3.05) is 18.4 Å². The number of likely N-dealkylation sites (tertiary alicyclic amines) is 1. The zero-order chi connectivity index (χ0) is 17.8. The van der Waals surface area contributed by atoms with Crippen LogP contribution < -0.4 is 5.32 Å². The van der Waals surface area contributed by atoms with Gasteiger partial charge in [0, 0.05) is 25.0 Å². The Hall–Kier alpha value is -2.83. The Morgan fingerprint density at radius 2 is 2.04 bits per heavy atom. The molecule has 130 valence electrons. The molecule has 1 atom stereocenters. The van der Waals surface area contributed by atoms with E-state index in [4.69, 9.17) is 0 Å². The van der Waals surface area contributed by atoms with Gasteiger partial charge >= 0.3 is 0 Å². The average Bonchev–Trinajstić information content (AvgIpc) is 2.61. The van der Waals surface area contributed by atoms with Crippen LogP contribution in [0.1, 0.15) is 34.8 Å². The van der Waals surface area contributed by atoms with Gasteiger partial charge < -0.3 is 10.2 Å². The highest BCUT2D eigenvalue weighted by Gasteiger charge is 2.29. The van der Waals surface area contributed by atoms with Gasteiger partial charge in [-0.3, -0.25) is 9.59 Å². The molecule has 25 heavy (non-hydrogen) atoms. The van der Waals surface area contributed by atoms with Crippen LogP contribution in [-0.4, -0.2) is 44.8 Å². The molecular formula is C18H21N5O2. The fraction of sp³-hybridized carbons (Fsp3) is 0.389. The van der Waals surface area contributed by atoms with Gasteiger partial charge in [-0.15, -0.1) is 0 Å². The fourth-order valence-electron chi connectivity index (χ4n) is 2.95. The summed E-state index contributed by atoms with van der Waals surface area (Å²) in [6.07, 6.45) is 3.12. The number of aromatic nitrogens is 3. The van der Waals surface area contributed by atoms with Crippen LogP contribution >= 0.6 is 0 Å². The van der Waals surface area contributed by atoms with Gasteiger partial charge in [0.1, 0.15) is 17.3 Å². The van der Waals surface area contributed by atoms with E-state index in [0.29, 0.717) is 30.4 Å². The maximum absolute atomic E-state index is 12.6. The van der Waals surface area contributed by atoms with Crippen LogP contribution in [0.2, 0.25) is 0 Å². The van der Waals surface area contributed by atoms with E-state index in [0.717, 1.165) is 18.5 Å². The molecule has 3 rings (SSSR count). The molecule has 0 spiro atoms. The minimum absolute atomic E-state index is 0.102. The zero-order valence-electron chi connectivity index (χ0n) is 14.4. The number of hydrogen-bond donors (Lipinski definition) is 1. The summed E-state index contributed by atoms with van der Waals surface area (Å²) in [6.45, 7) is 4.65. The summed E-state index contributed by atoms with van der Waals surface area (Å²) in [7, 11) is 0. The molecule has 7 heteroatoms. The lowest BCUT2D eigenvalue weighted by atomic mass is 9.97. The number of nitrogens with zero attached hydrogens (tertiary/aromatic N) is 4. The van der Waals surface area contributed by atoms with E-state index in [2.05, 4.69) is 20.3 Å². The quantitative estimate of drug-likeness (QED) is 0.924. The van der Waals surface area contributed by atoms with E-state index in [1.165, 1.54) is 0 Å². The minimum atomic E-state index is -0.247. The fourth-order valence-corrected chi connectivity index (χ4v) is 2.95. The smallest absolute Gasteiger partial charge is 0.272 e. The Balaban J connectivity index is 1.66. The first-order valence-electron chi connectivity index (χ1n) is 8.36. The Kier molecular flexibility index (Phi) is 5.02. The first-order chi connectivity index (χ1) is 12.0. The number of aryl methyl sites for hydroxylation is 2. The van der Waals surface area contributed by atoms with Crippen molar-refractivity contribution in [2.24, 2.45) is 5.92 Å². The van der Waals surface area contributed by atoms with Crippen LogP contribution in [0, 0.1) is 19.8 Å². The van der Waals surface area contributed by atoms with E-state index in [9.17, 15) is 9.59 Å². The molecular weight excluding hydrogens is 318 g/mol. The van der Waals surface area contributed by atoms with Crippen molar-refractivity contribution in [1.29, 1.82) is 0 Å². The number of piperidine rings is 1. The van der Waals surface area contributed by atoms with Gasteiger partial charge in [-0.25, -0.2) is 15.0 Å². The lowest BCUT2D eigenvalue weighted by Crippen LogP contribution is -2.44. The molecule has 3 heterocycles. The third-order valence-corrected chi connectivity index (χ3v) is 4.21. The summed E-state index contributed by atoms with van der Waals surface area (Å²) in [5.41, 5.74) is 1.21. The molecule has 1 aliphatic rings. The molecule has 7 nitrogen and oxygen atoms in total. The van der Waals surface area contributed by atoms with Crippen LogP contribution in [0.5, 0.6) is 0 Å². The lowest BCUT2D eigenvalue weighted by molar-refractivity contribution is -0.121. The van der Waals surface area contributed by atoms with Crippen LogP contribution in [0.25, 0.3) is 0 Å². The normalized spacial score (nSPS) is 17.2. The SMILES string of the molecule is Cc1cccc(NC(=O)C2CCCN(C(=O)c3ccnc(C)n3)C2)n1. The molecule has 1 saturated heterocycles. The van der Waals surface area contributed by atoms with Crippen molar-refractivity contribution in [2.45, 2.75) is 26.7 Å². The molecule has 0 aliphatic carbocycles. The number of hydrogen-bond acceptors (Lipinski definition) is 5. The van der Waals surface area contributed by atoms with Gasteiger partial charge in [-0.1, -0.05) is 6.07 Å². The molecule has 0 saturated carbocycles. The summed E-state index contributed by atoms with van der Waals surface area (Å²) in [6, 6.07) is 7.10. The van der Waals surface area contributed by atoms with E-state index in [-0.39, 0.29) is 17.7 Å². The lowest BCUT2D eigenvalue weighted by Gasteiger charge is -2.31. The van der Waals surface area contributed by atoms with Gasteiger partial charge in [0.25, 0.3) is 5.91 Å². The Bertz CT molecular complexity index is 793. The van der Waals surface area contributed by atoms with Gasteiger partial charge in [0.05, 0.1) is 5.92 Å². The van der Waals surface area contributed by atoms with Crippen molar-refractivity contribution in [3.8, 4) is 0 Å². The van der Waals surface area contributed by atoms with Crippen LogP contribution in [-0.2, 0) is 4.79 Å². The highest BCUT2D eigenvalue weighted by molar-refractivity contribution is 5.94. The van der Waals surface area contributed by atoms with Crippen molar-refractivity contribution in [3.05, 3.63) is 47.7 Å². The van der Waals surface area contributed by atoms with Gasteiger partial charge in [0.15, 0.2) is 0 Å². The Morgan fingerprint density at radius 3 is 2.80 bits per heavy atom. The summed E-state index contributed by atoms with van der Waals surface area (Å²) in [5.74, 6) is 0.594. The molecule has 2 aromatic heterocycles. The maximum atomic E-state index is 12.6. The minimum Gasteiger partial charge on any atom is -0.337 e. The maximum Gasteiger partial charge on any atom is 0.272 e. The second-order valence-electron chi connectivity index (χ2n) is 6.23. The highest BCUT2D eigenvalue weighted by Crippen LogP contribution is 2.20. The van der Waals surface area contributed by atoms with Crippen molar-refractivity contribution in [1.82, 2.24) is 19.9 Å². The highest BCUT2D eigenvalue weighted by atomic mass is 16.2. The molecule has 0 radical (unpaired) electrons. The Morgan fingerprint density at radius 1 is 1.20 bits per heavy atom. The molecule has 2 amide bonds. The zero-order valence-corrected chi connectivity index (χ0v) is 14.4. The number of pyridine rings is 1. The first-order valence-corrected chi connectivity index (χ1v) is 8.36. The molecule has 1 fully saturated rings. The van der Waals surface area contributed by atoms with Crippen molar-refractivity contribution in [3.63, 3.8) is 0 Å². The monoisotopic (exact) mass is 339 g/mol. The summed E-state index contributed by atoms with van der Waals surface area (Å²) >= 11 is 0. The predicted molar refractivity (Wildman–Crippen MR) is 93.0 cm³/mol. The van der Waals surface area contributed by atoms with E-state index >= 15 is 0 Å². The number of amides is 2. The average molecular weight is 339 g/mol. The molecule has 1 N–H and O–H groups in total. The van der Waals surface area contributed by atoms with E-state index in [1.54, 1.807) is 30.2 Å². The summed E-state index contributed by atoms with van der Waals surface area (Å²) < 4.78 is 0. The number of rotatable bonds is 3. The largest absolute Gasteiger partial charge is 0.337 e. The Labute approximate surface area is 146 Å². The molecule has 2 aromatic rings. The summed E-state index contributed by atoms with van der Waals surface area (Å²) in [4.78, 5) is 39.3. The van der Waals surface area contributed by atoms with E-state index in [1.807, 2.05) is 19.1 Å². The molecule has 1 unspecified atom stereocenters. The van der Waals surface area contributed by atoms with Crippen molar-refractivity contribution < 1.29 is 9.59 Å².